The van der Waals surface area contributed by atoms with E-state index in [-0.39, 0.29) is 5.91 Å². The molecule has 4 nitrogen and oxygen atoms in total. The molecule has 0 unspecified atom stereocenters. The lowest BCUT2D eigenvalue weighted by Crippen LogP contribution is -2.12. The quantitative estimate of drug-likeness (QED) is 0.830. The van der Waals surface area contributed by atoms with Crippen LogP contribution in [0.5, 0.6) is 0 Å². The first-order chi connectivity index (χ1) is 9.63. The van der Waals surface area contributed by atoms with Gasteiger partial charge in [0.15, 0.2) is 0 Å². The predicted molar refractivity (Wildman–Crippen MR) is 84.1 cm³/mol. The number of pyridine rings is 1. The van der Waals surface area contributed by atoms with E-state index in [4.69, 9.17) is 17.3 Å². The van der Waals surface area contributed by atoms with Crippen LogP contribution in [0.3, 0.4) is 0 Å². The first-order valence-corrected chi connectivity index (χ1v) is 7.39. The summed E-state index contributed by atoms with van der Waals surface area (Å²) < 4.78 is 0. The summed E-state index contributed by atoms with van der Waals surface area (Å²) in [5.74, 6) is 0.610. The number of nitrogens with zero attached hydrogens (tertiary/aromatic N) is 1. The van der Waals surface area contributed by atoms with Crippen molar-refractivity contribution in [2.75, 3.05) is 16.8 Å². The Kier molecular flexibility index (Phi) is 5.26. The smallest absolute Gasteiger partial charge is 0.225 e. The third-order valence-corrected chi connectivity index (χ3v) is 3.63. The van der Waals surface area contributed by atoms with Crippen molar-refractivity contribution < 1.29 is 4.79 Å². The van der Waals surface area contributed by atoms with Gasteiger partial charge < -0.3 is 11.1 Å². The molecule has 1 aromatic heterocycles. The fraction of sp³-hybridized carbons (Fsp3) is 0.143. The maximum absolute atomic E-state index is 11.8. The lowest BCUT2D eigenvalue weighted by molar-refractivity contribution is -0.115. The molecule has 0 bridgehead atoms. The molecule has 6 heteroatoms. The van der Waals surface area contributed by atoms with E-state index in [9.17, 15) is 4.79 Å². The fourth-order valence-electron chi connectivity index (χ4n) is 1.52. The van der Waals surface area contributed by atoms with Crippen LogP contribution in [0.25, 0.3) is 0 Å². The number of nitrogen functional groups attached to an aromatic ring is 1. The molecule has 0 aliphatic carbocycles. The van der Waals surface area contributed by atoms with E-state index in [1.165, 1.54) is 11.8 Å². The lowest BCUT2D eigenvalue weighted by atomic mass is 10.3. The summed E-state index contributed by atoms with van der Waals surface area (Å²) in [7, 11) is 0. The van der Waals surface area contributed by atoms with E-state index in [0.29, 0.717) is 28.6 Å². The zero-order valence-corrected chi connectivity index (χ0v) is 12.2. The predicted octanol–water partition coefficient (Wildman–Crippen LogP) is 3.44. The largest absolute Gasteiger partial charge is 0.397 e. The summed E-state index contributed by atoms with van der Waals surface area (Å²) in [6.07, 6.45) is 2.01. The van der Waals surface area contributed by atoms with Crippen molar-refractivity contribution in [1.29, 1.82) is 0 Å². The second-order valence-electron chi connectivity index (χ2n) is 4.09. The minimum atomic E-state index is -0.0461. The molecule has 3 N–H and O–H groups in total. The second kappa shape index (κ2) is 7.17. The Labute approximate surface area is 126 Å². The molecule has 1 heterocycles. The number of carbonyl (C=O) groups is 1. The molecule has 1 amide bonds. The third kappa shape index (κ3) is 4.75. The van der Waals surface area contributed by atoms with Gasteiger partial charge in [0.2, 0.25) is 5.91 Å². The number of hydrogen-bond acceptors (Lipinski definition) is 4. The molecule has 104 valence electrons. The van der Waals surface area contributed by atoms with Crippen LogP contribution >= 0.6 is 23.4 Å². The number of nitrogens with one attached hydrogen (secondary N) is 1. The monoisotopic (exact) mass is 307 g/mol. The highest BCUT2D eigenvalue weighted by molar-refractivity contribution is 7.99. The summed E-state index contributed by atoms with van der Waals surface area (Å²) in [4.78, 5) is 15.9. The molecule has 20 heavy (non-hydrogen) atoms. The van der Waals surface area contributed by atoms with Crippen LogP contribution < -0.4 is 11.1 Å². The van der Waals surface area contributed by atoms with Gasteiger partial charge in [0, 0.05) is 22.9 Å². The van der Waals surface area contributed by atoms with Gasteiger partial charge in [-0.15, -0.1) is 11.8 Å². The van der Waals surface area contributed by atoms with Gasteiger partial charge in [0.1, 0.15) is 0 Å². The number of hydrogen-bond donors (Lipinski definition) is 2. The first kappa shape index (κ1) is 14.7. The van der Waals surface area contributed by atoms with E-state index in [1.807, 2.05) is 6.07 Å². The topological polar surface area (TPSA) is 68.0 Å². The van der Waals surface area contributed by atoms with Crippen LogP contribution in [0.4, 0.5) is 11.4 Å². The van der Waals surface area contributed by atoms with Crippen molar-refractivity contribution in [3.05, 3.63) is 47.6 Å². The minimum absolute atomic E-state index is 0.0461. The Morgan fingerprint density at radius 2 is 2.20 bits per heavy atom. The average molecular weight is 308 g/mol. The van der Waals surface area contributed by atoms with Crippen molar-refractivity contribution in [2.45, 2.75) is 11.4 Å². The number of aromatic nitrogens is 1. The summed E-state index contributed by atoms with van der Waals surface area (Å²) >= 11 is 7.37. The molecule has 0 saturated carbocycles. The van der Waals surface area contributed by atoms with E-state index >= 15 is 0 Å². The molecular formula is C14H14ClN3OS. The highest BCUT2D eigenvalue weighted by Crippen LogP contribution is 2.18. The molecule has 1 aromatic carbocycles. The molecule has 0 fully saturated rings. The Balaban J connectivity index is 1.76. The van der Waals surface area contributed by atoms with Crippen LogP contribution in [-0.2, 0) is 4.79 Å². The normalized spacial score (nSPS) is 10.2. The zero-order valence-electron chi connectivity index (χ0n) is 10.7. The van der Waals surface area contributed by atoms with Gasteiger partial charge in [-0.25, -0.2) is 4.98 Å². The number of thioether (sulfide) groups is 1. The number of nitrogens with two attached hydrogens (primary N) is 1. The van der Waals surface area contributed by atoms with Crippen LogP contribution in [0, 0.1) is 0 Å². The van der Waals surface area contributed by atoms with E-state index in [0.717, 1.165) is 5.03 Å². The molecular weight excluding hydrogens is 294 g/mol. The van der Waals surface area contributed by atoms with Crippen LogP contribution in [0.15, 0.2) is 47.6 Å². The minimum Gasteiger partial charge on any atom is -0.397 e. The fourth-order valence-corrected chi connectivity index (χ4v) is 2.49. The highest BCUT2D eigenvalue weighted by Gasteiger charge is 2.04. The summed E-state index contributed by atoms with van der Waals surface area (Å²) in [5.41, 5.74) is 6.89. The Morgan fingerprint density at radius 3 is 2.90 bits per heavy atom. The van der Waals surface area contributed by atoms with Gasteiger partial charge >= 0.3 is 0 Å². The molecule has 0 saturated heterocycles. The first-order valence-electron chi connectivity index (χ1n) is 6.03. The molecule has 0 spiro atoms. The van der Waals surface area contributed by atoms with Gasteiger partial charge in [0.25, 0.3) is 0 Å². The van der Waals surface area contributed by atoms with Crippen molar-refractivity contribution in [3.8, 4) is 0 Å². The maximum atomic E-state index is 11.8. The third-order valence-electron chi connectivity index (χ3n) is 2.45. The number of anilines is 2. The Morgan fingerprint density at radius 1 is 1.35 bits per heavy atom. The van der Waals surface area contributed by atoms with Crippen molar-refractivity contribution in [2.24, 2.45) is 0 Å². The molecule has 0 aliphatic rings. The standard InChI is InChI=1S/C14H14ClN3OS/c15-10-2-1-3-12(8-10)18-13(19)6-7-20-14-5-4-11(16)9-17-14/h1-5,8-9H,6-7,16H2,(H,18,19). The highest BCUT2D eigenvalue weighted by atomic mass is 35.5. The van der Waals surface area contributed by atoms with Crippen molar-refractivity contribution in [3.63, 3.8) is 0 Å². The molecule has 0 atom stereocenters. The average Bonchev–Trinajstić information content (AvgIpc) is 2.41. The van der Waals surface area contributed by atoms with E-state index in [1.54, 1.807) is 36.5 Å². The van der Waals surface area contributed by atoms with Crippen molar-refractivity contribution >= 4 is 40.6 Å². The van der Waals surface area contributed by atoms with E-state index < -0.39 is 0 Å². The molecule has 0 aliphatic heterocycles. The number of rotatable bonds is 5. The van der Waals surface area contributed by atoms with Crippen LogP contribution in [-0.4, -0.2) is 16.6 Å². The van der Waals surface area contributed by atoms with Gasteiger partial charge in [-0.3, -0.25) is 4.79 Å². The number of carbonyl (C=O) groups excluding carboxylic acids is 1. The zero-order chi connectivity index (χ0) is 14.4. The SMILES string of the molecule is Nc1ccc(SCCC(=O)Nc2cccc(Cl)c2)nc1. The summed E-state index contributed by atoms with van der Waals surface area (Å²) in [6, 6.07) is 10.7. The maximum Gasteiger partial charge on any atom is 0.225 e. The van der Waals surface area contributed by atoms with Crippen molar-refractivity contribution in [1.82, 2.24) is 4.98 Å². The summed E-state index contributed by atoms with van der Waals surface area (Å²) in [6.45, 7) is 0. The number of halogens is 1. The molecule has 0 radical (unpaired) electrons. The Bertz CT molecular complexity index is 589. The molecule has 2 aromatic rings. The van der Waals surface area contributed by atoms with Crippen LogP contribution in [0.2, 0.25) is 5.02 Å². The van der Waals surface area contributed by atoms with Gasteiger partial charge in [-0.1, -0.05) is 17.7 Å². The summed E-state index contributed by atoms with van der Waals surface area (Å²) in [5, 5.41) is 4.26. The number of amides is 1. The Hall–Kier alpha value is -1.72. The second-order valence-corrected chi connectivity index (χ2v) is 5.64. The van der Waals surface area contributed by atoms with E-state index in [2.05, 4.69) is 10.3 Å². The van der Waals surface area contributed by atoms with Gasteiger partial charge in [0.05, 0.1) is 16.9 Å². The number of benzene rings is 1. The van der Waals surface area contributed by atoms with Crippen LogP contribution in [0.1, 0.15) is 6.42 Å². The molecule has 2 rings (SSSR count). The lowest BCUT2D eigenvalue weighted by Gasteiger charge is -2.05. The van der Waals surface area contributed by atoms with Gasteiger partial charge in [-0.05, 0) is 30.3 Å². The van der Waals surface area contributed by atoms with Gasteiger partial charge in [-0.2, -0.15) is 0 Å².